The summed E-state index contributed by atoms with van der Waals surface area (Å²) in [6, 6.07) is 0. The Morgan fingerprint density at radius 1 is 0.867 bits per heavy atom. The highest BCUT2D eigenvalue weighted by Gasteiger charge is 1.97. The average Bonchev–Trinajstić information content (AvgIpc) is 2.66. The highest BCUT2D eigenvalue weighted by Crippen LogP contribution is 2.13. The van der Waals surface area contributed by atoms with Crippen molar-refractivity contribution in [1.29, 1.82) is 0 Å². The number of rotatable bonds is 14. The van der Waals surface area contributed by atoms with Crippen LogP contribution in [0.1, 0.15) is 80.1 Å². The van der Waals surface area contributed by atoms with E-state index in [2.05, 4.69) is 45.9 Å². The fourth-order valence-corrected chi connectivity index (χ4v) is 2.81. The molecule has 0 heterocycles. The molecule has 0 radical (unpaired) electrons. The monoisotopic (exact) mass is 414 g/mol. The summed E-state index contributed by atoms with van der Waals surface area (Å²) in [5, 5.41) is 9.56. The minimum Gasteiger partial charge on any atom is -0.463 e. The molecular formula is C27H42O3. The lowest BCUT2D eigenvalue weighted by molar-refractivity contribution is -0.137. The van der Waals surface area contributed by atoms with E-state index >= 15 is 0 Å². The molecule has 0 spiro atoms. The van der Waals surface area contributed by atoms with Crippen molar-refractivity contribution < 1.29 is 14.6 Å². The molecule has 3 heteroatoms. The Morgan fingerprint density at radius 2 is 1.43 bits per heavy atom. The maximum absolute atomic E-state index is 11.4. The van der Waals surface area contributed by atoms with Crippen molar-refractivity contribution in [3.8, 4) is 0 Å². The van der Waals surface area contributed by atoms with Crippen LogP contribution in [0.4, 0.5) is 0 Å². The largest absolute Gasteiger partial charge is 0.463 e. The first-order chi connectivity index (χ1) is 14.3. The van der Waals surface area contributed by atoms with Gasteiger partial charge in [0.25, 0.3) is 0 Å². The van der Waals surface area contributed by atoms with Crippen LogP contribution in [-0.2, 0) is 9.53 Å². The molecule has 0 bridgehead atoms. The summed E-state index contributed by atoms with van der Waals surface area (Å²) < 4.78 is 4.89. The third kappa shape index (κ3) is 16.8. The topological polar surface area (TPSA) is 46.5 Å². The van der Waals surface area contributed by atoms with E-state index < -0.39 is 0 Å². The molecule has 0 aliphatic carbocycles. The fraction of sp³-hybridized carbons (Fsp3) is 0.519. The minimum absolute atomic E-state index is 0.0471. The molecule has 0 aromatic rings. The van der Waals surface area contributed by atoms with Gasteiger partial charge in [0.2, 0.25) is 0 Å². The van der Waals surface area contributed by atoms with Crippen molar-refractivity contribution in [1.82, 2.24) is 0 Å². The second kappa shape index (κ2) is 17.7. The molecule has 0 saturated heterocycles. The van der Waals surface area contributed by atoms with Gasteiger partial charge in [0.05, 0.1) is 13.2 Å². The zero-order valence-corrected chi connectivity index (χ0v) is 20.0. The number of hydrogen-bond donors (Lipinski definition) is 1. The maximum Gasteiger partial charge on any atom is 0.330 e. The smallest absolute Gasteiger partial charge is 0.330 e. The van der Waals surface area contributed by atoms with Crippen LogP contribution in [0, 0.1) is 0 Å². The Hall–Kier alpha value is -2.13. The third-order valence-electron chi connectivity index (χ3n) is 4.61. The van der Waals surface area contributed by atoms with E-state index in [4.69, 9.17) is 4.74 Å². The molecular weight excluding hydrogens is 372 g/mol. The van der Waals surface area contributed by atoms with E-state index in [0.29, 0.717) is 6.61 Å². The first-order valence-electron chi connectivity index (χ1n) is 11.0. The van der Waals surface area contributed by atoms with Gasteiger partial charge in [-0.15, -0.1) is 0 Å². The quantitative estimate of drug-likeness (QED) is 0.142. The number of aliphatic hydroxyl groups is 1. The number of hydrogen-bond acceptors (Lipinski definition) is 3. The average molecular weight is 415 g/mol. The van der Waals surface area contributed by atoms with Gasteiger partial charge in [-0.05, 0) is 91.2 Å². The molecule has 30 heavy (non-hydrogen) atoms. The second-order valence-corrected chi connectivity index (χ2v) is 7.98. The maximum atomic E-state index is 11.4. The van der Waals surface area contributed by atoms with Crippen LogP contribution < -0.4 is 0 Å². The van der Waals surface area contributed by atoms with Gasteiger partial charge in [0.1, 0.15) is 0 Å². The predicted octanol–water partition coefficient (Wildman–Crippen LogP) is 7.17. The summed E-state index contributed by atoms with van der Waals surface area (Å²) in [5.41, 5.74) is 6.04. The predicted molar refractivity (Wildman–Crippen MR) is 129 cm³/mol. The van der Waals surface area contributed by atoms with E-state index in [1.807, 2.05) is 25.2 Å². The zero-order valence-electron chi connectivity index (χ0n) is 20.0. The first-order valence-corrected chi connectivity index (χ1v) is 11.0. The number of ether oxygens (including phenoxy) is 1. The Balaban J connectivity index is 4.41. The van der Waals surface area contributed by atoms with E-state index in [1.165, 1.54) is 22.8 Å². The van der Waals surface area contributed by atoms with Crippen LogP contribution >= 0.6 is 0 Å². The van der Waals surface area contributed by atoms with Gasteiger partial charge in [-0.1, -0.05) is 53.2 Å². The van der Waals surface area contributed by atoms with Crippen molar-refractivity contribution in [2.75, 3.05) is 13.2 Å². The van der Waals surface area contributed by atoms with Crippen molar-refractivity contribution in [3.63, 3.8) is 0 Å². The van der Waals surface area contributed by atoms with Gasteiger partial charge in [-0.25, -0.2) is 4.79 Å². The molecule has 0 aromatic carbocycles. The molecule has 0 fully saturated rings. The lowest BCUT2D eigenvalue weighted by Crippen LogP contribution is -1.99. The summed E-state index contributed by atoms with van der Waals surface area (Å²) in [5.74, 6) is -0.329. The molecule has 0 saturated carbocycles. The SMILES string of the molecule is CCOC(=O)C=C(C)C=CC=C(CO)CCC=C(C)CCC=C(C)CCC=C(C)C. The van der Waals surface area contributed by atoms with Gasteiger partial charge in [0.15, 0.2) is 0 Å². The third-order valence-corrected chi connectivity index (χ3v) is 4.61. The number of carbonyl (C=O) groups excluding carboxylic acids is 1. The Morgan fingerprint density at radius 3 is 1.97 bits per heavy atom. The summed E-state index contributed by atoms with van der Waals surface area (Å²) >= 11 is 0. The summed E-state index contributed by atoms with van der Waals surface area (Å²) in [7, 11) is 0. The van der Waals surface area contributed by atoms with Gasteiger partial charge in [-0.2, -0.15) is 0 Å². The summed E-state index contributed by atoms with van der Waals surface area (Å²) in [6.07, 6.45) is 20.2. The fourth-order valence-electron chi connectivity index (χ4n) is 2.81. The minimum atomic E-state index is -0.329. The standard InChI is InChI=1S/C27H42O3/c1-7-30-27(29)20-25(6)17-11-19-26(21-28)18-10-16-24(5)15-9-14-23(4)13-8-12-22(2)3/h11-12,14,16-17,19-20,28H,7-10,13,15,18,21H2,1-6H3. The summed E-state index contributed by atoms with van der Waals surface area (Å²) in [4.78, 5) is 11.4. The molecule has 0 unspecified atom stereocenters. The summed E-state index contributed by atoms with van der Waals surface area (Å²) in [6.45, 7) is 12.7. The first kappa shape index (κ1) is 27.9. The van der Waals surface area contributed by atoms with Crippen LogP contribution in [-0.4, -0.2) is 24.3 Å². The number of esters is 1. The van der Waals surface area contributed by atoms with Crippen LogP contribution in [0.2, 0.25) is 0 Å². The number of allylic oxidation sites excluding steroid dienone is 10. The van der Waals surface area contributed by atoms with Crippen LogP contribution in [0.15, 0.2) is 70.4 Å². The molecule has 0 aromatic heterocycles. The Bertz CT molecular complexity index is 681. The van der Waals surface area contributed by atoms with E-state index in [1.54, 1.807) is 6.92 Å². The lowest BCUT2D eigenvalue weighted by Gasteiger charge is -2.03. The second-order valence-electron chi connectivity index (χ2n) is 7.98. The van der Waals surface area contributed by atoms with Gasteiger partial charge < -0.3 is 9.84 Å². The van der Waals surface area contributed by atoms with Crippen molar-refractivity contribution >= 4 is 5.97 Å². The van der Waals surface area contributed by atoms with Crippen LogP contribution in [0.3, 0.4) is 0 Å². The van der Waals surface area contributed by atoms with Crippen molar-refractivity contribution in [2.45, 2.75) is 80.1 Å². The van der Waals surface area contributed by atoms with Crippen molar-refractivity contribution in [3.05, 3.63) is 70.4 Å². The molecule has 3 nitrogen and oxygen atoms in total. The number of aliphatic hydroxyl groups excluding tert-OH is 1. The zero-order chi connectivity index (χ0) is 22.8. The normalized spacial score (nSPS) is 13.7. The molecule has 0 aliphatic rings. The number of carbonyl (C=O) groups is 1. The van der Waals surface area contributed by atoms with Crippen LogP contribution in [0.25, 0.3) is 0 Å². The Kier molecular flexibility index (Phi) is 16.4. The van der Waals surface area contributed by atoms with E-state index in [0.717, 1.165) is 49.7 Å². The van der Waals surface area contributed by atoms with E-state index in [9.17, 15) is 9.90 Å². The molecule has 0 rings (SSSR count). The van der Waals surface area contributed by atoms with Crippen LogP contribution in [0.5, 0.6) is 0 Å². The Labute approximate surface area is 184 Å². The van der Waals surface area contributed by atoms with Gasteiger partial charge in [0, 0.05) is 6.08 Å². The highest BCUT2D eigenvalue weighted by atomic mass is 16.5. The molecule has 0 aliphatic heterocycles. The molecule has 0 amide bonds. The van der Waals surface area contributed by atoms with Gasteiger partial charge in [-0.3, -0.25) is 0 Å². The van der Waals surface area contributed by atoms with E-state index in [-0.39, 0.29) is 12.6 Å². The lowest BCUT2D eigenvalue weighted by atomic mass is 10.0. The van der Waals surface area contributed by atoms with Crippen molar-refractivity contribution in [2.24, 2.45) is 0 Å². The molecule has 168 valence electrons. The molecule has 1 N–H and O–H groups in total. The highest BCUT2D eigenvalue weighted by molar-refractivity contribution is 5.83. The molecule has 0 atom stereocenters. The van der Waals surface area contributed by atoms with Gasteiger partial charge >= 0.3 is 5.97 Å².